The predicted molar refractivity (Wildman–Crippen MR) is 120 cm³/mol. The van der Waals surface area contributed by atoms with Crippen LogP contribution in [0.25, 0.3) is 10.9 Å². The van der Waals surface area contributed by atoms with E-state index in [4.69, 9.17) is 0 Å². The van der Waals surface area contributed by atoms with Crippen LogP contribution in [0.15, 0.2) is 58.5 Å². The van der Waals surface area contributed by atoms with E-state index in [0.717, 1.165) is 24.6 Å². The summed E-state index contributed by atoms with van der Waals surface area (Å²) in [7, 11) is 0. The number of nitrogens with zero attached hydrogens (tertiary/aromatic N) is 2. The lowest BCUT2D eigenvalue weighted by Crippen LogP contribution is -2.34. The van der Waals surface area contributed by atoms with E-state index >= 15 is 0 Å². The fraction of sp³-hybridized carbons (Fsp3) is 0.273. The first-order valence-electron chi connectivity index (χ1n) is 9.92. The summed E-state index contributed by atoms with van der Waals surface area (Å²) in [6, 6.07) is 12.5. The molecular formula is C22H23FN4O3S. The van der Waals surface area contributed by atoms with Crippen molar-refractivity contribution in [3.8, 4) is 0 Å². The molecule has 0 aliphatic rings. The summed E-state index contributed by atoms with van der Waals surface area (Å²) < 4.78 is 14.5. The smallest absolute Gasteiger partial charge is 0.262 e. The molecule has 0 aliphatic heterocycles. The molecule has 1 heterocycles. The number of thioether (sulfide) groups is 1. The minimum absolute atomic E-state index is 0.0146. The monoisotopic (exact) mass is 442 g/mol. The van der Waals surface area contributed by atoms with Gasteiger partial charge in [-0.15, -0.1) is 0 Å². The maximum Gasteiger partial charge on any atom is 0.262 e. The van der Waals surface area contributed by atoms with Gasteiger partial charge in [-0.25, -0.2) is 9.37 Å². The van der Waals surface area contributed by atoms with Crippen LogP contribution in [0.3, 0.4) is 0 Å². The van der Waals surface area contributed by atoms with Gasteiger partial charge in [-0.3, -0.25) is 19.0 Å². The Bertz CT molecular complexity index is 1130. The van der Waals surface area contributed by atoms with Crippen LogP contribution in [-0.4, -0.2) is 33.7 Å². The van der Waals surface area contributed by atoms with E-state index in [-0.39, 0.29) is 23.8 Å². The van der Waals surface area contributed by atoms with E-state index in [9.17, 15) is 18.8 Å². The molecule has 0 radical (unpaired) electrons. The number of anilines is 1. The molecule has 0 spiro atoms. The lowest BCUT2D eigenvalue weighted by molar-refractivity contribution is -0.122. The molecule has 0 saturated carbocycles. The van der Waals surface area contributed by atoms with Crippen molar-refractivity contribution >= 4 is 40.2 Å². The van der Waals surface area contributed by atoms with Crippen LogP contribution in [-0.2, 0) is 16.1 Å². The van der Waals surface area contributed by atoms with E-state index in [1.165, 1.54) is 24.3 Å². The topological polar surface area (TPSA) is 93.1 Å². The highest BCUT2D eigenvalue weighted by molar-refractivity contribution is 7.99. The highest BCUT2D eigenvalue weighted by Crippen LogP contribution is 2.18. The van der Waals surface area contributed by atoms with Gasteiger partial charge in [0.05, 0.1) is 23.2 Å². The number of unbranched alkanes of at least 4 members (excludes halogenated alkanes) is 1. The summed E-state index contributed by atoms with van der Waals surface area (Å²) in [6.45, 7) is 2.35. The molecule has 0 fully saturated rings. The number of carbonyl (C=O) groups excluding carboxylic acids is 2. The quantitative estimate of drug-likeness (QED) is 0.392. The zero-order valence-electron chi connectivity index (χ0n) is 17.1. The van der Waals surface area contributed by atoms with Gasteiger partial charge in [-0.05, 0) is 42.8 Å². The number of hydrogen-bond acceptors (Lipinski definition) is 5. The average Bonchev–Trinajstić information content (AvgIpc) is 2.77. The number of hydrogen-bond donors (Lipinski definition) is 2. The standard InChI is InChI=1S/C22H23FN4O3S/c1-2-3-12-27-21(30)17-6-4-5-7-18(17)26-22(27)31-14-20(29)24-13-19(28)25-16-10-8-15(23)9-11-16/h4-11H,2-3,12-14H2,1H3,(H,24,29)(H,25,28). The zero-order chi connectivity index (χ0) is 22.2. The van der Waals surface area contributed by atoms with Crippen LogP contribution in [0.2, 0.25) is 0 Å². The van der Waals surface area contributed by atoms with Gasteiger partial charge < -0.3 is 10.6 Å². The predicted octanol–water partition coefficient (Wildman–Crippen LogP) is 3.18. The molecule has 162 valence electrons. The lowest BCUT2D eigenvalue weighted by Gasteiger charge is -2.12. The molecule has 0 atom stereocenters. The van der Waals surface area contributed by atoms with Crippen molar-refractivity contribution in [2.24, 2.45) is 0 Å². The normalized spacial score (nSPS) is 10.8. The molecular weight excluding hydrogens is 419 g/mol. The van der Waals surface area contributed by atoms with Crippen LogP contribution in [0, 0.1) is 5.82 Å². The Morgan fingerprint density at radius 1 is 1.10 bits per heavy atom. The number of aromatic nitrogens is 2. The first-order chi connectivity index (χ1) is 15.0. The Labute approximate surface area is 183 Å². The van der Waals surface area contributed by atoms with Crippen molar-refractivity contribution in [1.82, 2.24) is 14.9 Å². The van der Waals surface area contributed by atoms with E-state index in [1.54, 1.807) is 22.8 Å². The number of benzene rings is 2. The number of amides is 2. The van der Waals surface area contributed by atoms with Crippen molar-refractivity contribution in [2.45, 2.75) is 31.5 Å². The minimum Gasteiger partial charge on any atom is -0.346 e. The Kier molecular flexibility index (Phi) is 7.77. The fourth-order valence-electron chi connectivity index (χ4n) is 2.87. The third-order valence-corrected chi connectivity index (χ3v) is 5.44. The highest BCUT2D eigenvalue weighted by Gasteiger charge is 2.13. The SMILES string of the molecule is CCCCn1c(SCC(=O)NCC(=O)Nc2ccc(F)cc2)nc2ccccc2c1=O. The largest absolute Gasteiger partial charge is 0.346 e. The highest BCUT2D eigenvalue weighted by atomic mass is 32.2. The Balaban J connectivity index is 1.60. The first kappa shape index (κ1) is 22.5. The van der Waals surface area contributed by atoms with E-state index < -0.39 is 11.7 Å². The van der Waals surface area contributed by atoms with Crippen LogP contribution >= 0.6 is 11.8 Å². The third-order valence-electron chi connectivity index (χ3n) is 4.47. The van der Waals surface area contributed by atoms with Gasteiger partial charge in [0.1, 0.15) is 5.82 Å². The maximum atomic E-state index is 12.9. The van der Waals surface area contributed by atoms with Gasteiger partial charge in [0.15, 0.2) is 5.16 Å². The molecule has 2 amide bonds. The van der Waals surface area contributed by atoms with E-state index in [0.29, 0.717) is 28.3 Å². The fourth-order valence-corrected chi connectivity index (χ4v) is 3.72. The maximum absolute atomic E-state index is 12.9. The molecule has 9 heteroatoms. The number of nitrogens with one attached hydrogen (secondary N) is 2. The van der Waals surface area contributed by atoms with Crippen LogP contribution in [0.4, 0.5) is 10.1 Å². The number of rotatable bonds is 9. The summed E-state index contributed by atoms with van der Waals surface area (Å²) in [5.41, 5.74) is 0.901. The number of para-hydroxylation sites is 1. The first-order valence-corrected chi connectivity index (χ1v) is 10.9. The van der Waals surface area contributed by atoms with Gasteiger partial charge in [-0.2, -0.15) is 0 Å². The molecule has 31 heavy (non-hydrogen) atoms. The number of fused-ring (bicyclic) bond motifs is 1. The van der Waals surface area contributed by atoms with Crippen molar-refractivity contribution in [3.63, 3.8) is 0 Å². The van der Waals surface area contributed by atoms with Gasteiger partial charge in [0, 0.05) is 12.2 Å². The Morgan fingerprint density at radius 3 is 2.58 bits per heavy atom. The molecule has 0 unspecified atom stereocenters. The summed E-state index contributed by atoms with van der Waals surface area (Å²) in [5.74, 6) is -1.17. The molecule has 0 aliphatic carbocycles. The second-order valence-electron chi connectivity index (χ2n) is 6.84. The van der Waals surface area contributed by atoms with Crippen molar-refractivity contribution in [1.29, 1.82) is 0 Å². The molecule has 0 saturated heterocycles. The van der Waals surface area contributed by atoms with Crippen LogP contribution < -0.4 is 16.2 Å². The van der Waals surface area contributed by atoms with Gasteiger partial charge in [-0.1, -0.05) is 37.2 Å². The van der Waals surface area contributed by atoms with Crippen molar-refractivity contribution in [3.05, 3.63) is 64.7 Å². The van der Waals surface area contributed by atoms with Gasteiger partial charge in [0.25, 0.3) is 5.56 Å². The molecule has 2 N–H and O–H groups in total. The second-order valence-corrected chi connectivity index (χ2v) is 7.78. The lowest BCUT2D eigenvalue weighted by atomic mass is 10.2. The average molecular weight is 443 g/mol. The van der Waals surface area contributed by atoms with Gasteiger partial charge >= 0.3 is 0 Å². The van der Waals surface area contributed by atoms with Gasteiger partial charge in [0.2, 0.25) is 11.8 Å². The zero-order valence-corrected chi connectivity index (χ0v) is 17.9. The van der Waals surface area contributed by atoms with Crippen LogP contribution in [0.1, 0.15) is 19.8 Å². The number of carbonyl (C=O) groups is 2. The van der Waals surface area contributed by atoms with E-state index in [1.807, 2.05) is 13.0 Å². The molecule has 0 bridgehead atoms. The molecule has 2 aromatic carbocycles. The second kappa shape index (κ2) is 10.7. The van der Waals surface area contributed by atoms with E-state index in [2.05, 4.69) is 15.6 Å². The third kappa shape index (κ3) is 6.14. The summed E-state index contributed by atoms with van der Waals surface area (Å²) >= 11 is 1.16. The number of halogens is 1. The van der Waals surface area contributed by atoms with Crippen LogP contribution in [0.5, 0.6) is 0 Å². The summed E-state index contributed by atoms with van der Waals surface area (Å²) in [6.07, 6.45) is 1.75. The van der Waals surface area contributed by atoms with Crippen molar-refractivity contribution in [2.75, 3.05) is 17.6 Å². The molecule has 3 aromatic rings. The molecule has 7 nitrogen and oxygen atoms in total. The Morgan fingerprint density at radius 2 is 1.84 bits per heavy atom. The minimum atomic E-state index is -0.423. The molecule has 3 rings (SSSR count). The summed E-state index contributed by atoms with van der Waals surface area (Å²) in [4.78, 5) is 41.6. The van der Waals surface area contributed by atoms with Crippen molar-refractivity contribution < 1.29 is 14.0 Å². The summed E-state index contributed by atoms with van der Waals surface area (Å²) in [5, 5.41) is 6.13. The Hall–Kier alpha value is -3.20. The molecule has 1 aromatic heterocycles.